The van der Waals surface area contributed by atoms with Crippen molar-refractivity contribution in [2.24, 2.45) is 0 Å². The first-order chi connectivity index (χ1) is 6.76. The second-order valence-electron chi connectivity index (χ2n) is 3.93. The molecule has 1 rings (SSSR count). The van der Waals surface area contributed by atoms with Crippen LogP contribution in [0.25, 0.3) is 0 Å². The molecule has 0 aromatic carbocycles. The standard InChI is InChI=1S/C10H21NO3/c1-11-8-2-4-10(5-3-8)14-7-9(13)6-12/h8-13H,2-7H2,1H3/t8-,9?,10-. The van der Waals surface area contributed by atoms with Crippen molar-refractivity contribution in [3.8, 4) is 0 Å². The van der Waals surface area contributed by atoms with Gasteiger partial charge in [0.2, 0.25) is 0 Å². The molecular weight excluding hydrogens is 182 g/mol. The Morgan fingerprint density at radius 1 is 1.36 bits per heavy atom. The van der Waals surface area contributed by atoms with E-state index in [2.05, 4.69) is 5.32 Å². The Morgan fingerprint density at radius 2 is 2.00 bits per heavy atom. The molecular formula is C10H21NO3. The maximum absolute atomic E-state index is 9.10. The van der Waals surface area contributed by atoms with Gasteiger partial charge in [0.25, 0.3) is 0 Å². The summed E-state index contributed by atoms with van der Waals surface area (Å²) in [5.41, 5.74) is 0. The zero-order valence-corrected chi connectivity index (χ0v) is 8.78. The fourth-order valence-corrected chi connectivity index (χ4v) is 1.82. The van der Waals surface area contributed by atoms with Gasteiger partial charge >= 0.3 is 0 Å². The minimum absolute atomic E-state index is 0.216. The van der Waals surface area contributed by atoms with E-state index in [0.29, 0.717) is 6.04 Å². The normalized spacial score (nSPS) is 30.2. The van der Waals surface area contributed by atoms with Gasteiger partial charge < -0.3 is 20.3 Å². The molecule has 4 nitrogen and oxygen atoms in total. The molecule has 0 heterocycles. The molecule has 1 unspecified atom stereocenters. The molecule has 0 bridgehead atoms. The van der Waals surface area contributed by atoms with E-state index in [-0.39, 0.29) is 19.3 Å². The van der Waals surface area contributed by atoms with Crippen molar-refractivity contribution in [3.05, 3.63) is 0 Å². The number of nitrogens with one attached hydrogen (secondary N) is 1. The molecule has 1 aliphatic rings. The molecule has 0 spiro atoms. The Morgan fingerprint density at radius 3 is 2.50 bits per heavy atom. The molecule has 0 aromatic rings. The van der Waals surface area contributed by atoms with Crippen LogP contribution in [0, 0.1) is 0 Å². The minimum atomic E-state index is -0.725. The monoisotopic (exact) mass is 203 g/mol. The molecule has 84 valence electrons. The van der Waals surface area contributed by atoms with Gasteiger partial charge in [0, 0.05) is 6.04 Å². The molecule has 0 aromatic heterocycles. The molecule has 1 aliphatic carbocycles. The molecule has 1 saturated carbocycles. The summed E-state index contributed by atoms with van der Waals surface area (Å²) in [6.45, 7) is 0.0389. The Kier molecular flexibility index (Phi) is 5.40. The molecule has 4 heteroatoms. The topological polar surface area (TPSA) is 61.7 Å². The van der Waals surface area contributed by atoms with Gasteiger partial charge in [-0.05, 0) is 32.7 Å². The zero-order valence-electron chi connectivity index (χ0n) is 8.78. The van der Waals surface area contributed by atoms with Gasteiger partial charge in [-0.2, -0.15) is 0 Å². The number of aliphatic hydroxyl groups is 2. The van der Waals surface area contributed by atoms with Gasteiger partial charge in [-0.1, -0.05) is 0 Å². The number of ether oxygens (including phenoxy) is 1. The summed E-state index contributed by atoms with van der Waals surface area (Å²) >= 11 is 0. The average molecular weight is 203 g/mol. The summed E-state index contributed by atoms with van der Waals surface area (Å²) in [5, 5.41) is 21.0. The summed E-state index contributed by atoms with van der Waals surface area (Å²) in [7, 11) is 1.99. The van der Waals surface area contributed by atoms with E-state index in [9.17, 15) is 0 Å². The molecule has 0 radical (unpaired) electrons. The Bertz CT molecular complexity index is 146. The van der Waals surface area contributed by atoms with Crippen LogP contribution in [0.3, 0.4) is 0 Å². The summed E-state index contributed by atoms with van der Waals surface area (Å²) in [5.74, 6) is 0. The van der Waals surface area contributed by atoms with Crippen molar-refractivity contribution in [1.29, 1.82) is 0 Å². The van der Waals surface area contributed by atoms with Crippen LogP contribution < -0.4 is 5.32 Å². The highest BCUT2D eigenvalue weighted by molar-refractivity contribution is 4.76. The Hall–Kier alpha value is -0.160. The van der Waals surface area contributed by atoms with Crippen molar-refractivity contribution >= 4 is 0 Å². The molecule has 1 atom stereocenters. The first-order valence-electron chi connectivity index (χ1n) is 5.34. The number of hydrogen-bond donors (Lipinski definition) is 3. The van der Waals surface area contributed by atoms with E-state index in [1.165, 1.54) is 0 Å². The quantitative estimate of drug-likeness (QED) is 0.583. The Labute approximate surface area is 85.3 Å². The fourth-order valence-electron chi connectivity index (χ4n) is 1.82. The third kappa shape index (κ3) is 3.92. The summed E-state index contributed by atoms with van der Waals surface area (Å²) in [4.78, 5) is 0. The van der Waals surface area contributed by atoms with Gasteiger partial charge in [0.1, 0.15) is 6.10 Å². The highest BCUT2D eigenvalue weighted by Crippen LogP contribution is 2.20. The largest absolute Gasteiger partial charge is 0.394 e. The van der Waals surface area contributed by atoms with Gasteiger partial charge in [-0.25, -0.2) is 0 Å². The van der Waals surface area contributed by atoms with Crippen molar-refractivity contribution in [2.75, 3.05) is 20.3 Å². The maximum Gasteiger partial charge on any atom is 0.100 e. The predicted octanol–water partition coefficient (Wildman–Crippen LogP) is -0.113. The fraction of sp³-hybridized carbons (Fsp3) is 1.00. The van der Waals surface area contributed by atoms with Crippen LogP contribution >= 0.6 is 0 Å². The van der Waals surface area contributed by atoms with Gasteiger partial charge in [-0.3, -0.25) is 0 Å². The molecule has 0 aliphatic heterocycles. The highest BCUT2D eigenvalue weighted by atomic mass is 16.5. The lowest BCUT2D eigenvalue weighted by Crippen LogP contribution is -2.34. The van der Waals surface area contributed by atoms with Crippen molar-refractivity contribution in [2.45, 2.75) is 43.9 Å². The van der Waals surface area contributed by atoms with E-state index in [1.54, 1.807) is 0 Å². The summed E-state index contributed by atoms with van der Waals surface area (Å²) in [6, 6.07) is 0.623. The first-order valence-corrected chi connectivity index (χ1v) is 5.34. The van der Waals surface area contributed by atoms with Gasteiger partial charge in [0.15, 0.2) is 0 Å². The van der Waals surface area contributed by atoms with E-state index in [1.807, 2.05) is 7.05 Å². The van der Waals surface area contributed by atoms with E-state index in [4.69, 9.17) is 14.9 Å². The van der Waals surface area contributed by atoms with Crippen LogP contribution in [-0.2, 0) is 4.74 Å². The van der Waals surface area contributed by atoms with Crippen LogP contribution in [-0.4, -0.2) is 48.7 Å². The second-order valence-corrected chi connectivity index (χ2v) is 3.93. The molecule has 1 fully saturated rings. The molecule has 0 amide bonds. The number of hydrogen-bond acceptors (Lipinski definition) is 4. The second kappa shape index (κ2) is 6.35. The van der Waals surface area contributed by atoms with Crippen LogP contribution in [0.4, 0.5) is 0 Å². The van der Waals surface area contributed by atoms with Crippen LogP contribution in [0.5, 0.6) is 0 Å². The highest BCUT2D eigenvalue weighted by Gasteiger charge is 2.20. The van der Waals surface area contributed by atoms with E-state index in [0.717, 1.165) is 25.7 Å². The first kappa shape index (κ1) is 11.9. The molecule has 0 saturated heterocycles. The zero-order chi connectivity index (χ0) is 10.4. The van der Waals surface area contributed by atoms with Crippen molar-refractivity contribution in [3.63, 3.8) is 0 Å². The summed E-state index contributed by atoms with van der Waals surface area (Å²) < 4.78 is 5.49. The Balaban J connectivity index is 2.10. The summed E-state index contributed by atoms with van der Waals surface area (Å²) in [6.07, 6.45) is 3.90. The van der Waals surface area contributed by atoms with Crippen LogP contribution in [0.15, 0.2) is 0 Å². The lowest BCUT2D eigenvalue weighted by molar-refractivity contribution is -0.0418. The third-order valence-corrected chi connectivity index (χ3v) is 2.82. The van der Waals surface area contributed by atoms with Gasteiger partial charge in [0.05, 0.1) is 19.3 Å². The maximum atomic E-state index is 9.10. The van der Waals surface area contributed by atoms with E-state index < -0.39 is 6.10 Å². The van der Waals surface area contributed by atoms with Crippen LogP contribution in [0.1, 0.15) is 25.7 Å². The molecule has 14 heavy (non-hydrogen) atoms. The lowest BCUT2D eigenvalue weighted by atomic mass is 9.93. The SMILES string of the molecule is CN[C@H]1CC[C@H](OCC(O)CO)CC1. The predicted molar refractivity (Wildman–Crippen MR) is 54.1 cm³/mol. The van der Waals surface area contributed by atoms with Crippen molar-refractivity contribution in [1.82, 2.24) is 5.32 Å². The molecule has 3 N–H and O–H groups in total. The van der Waals surface area contributed by atoms with Crippen LogP contribution in [0.2, 0.25) is 0 Å². The van der Waals surface area contributed by atoms with E-state index >= 15 is 0 Å². The number of rotatable bonds is 5. The number of aliphatic hydroxyl groups excluding tert-OH is 2. The lowest BCUT2D eigenvalue weighted by Gasteiger charge is -2.28. The van der Waals surface area contributed by atoms with Gasteiger partial charge in [-0.15, -0.1) is 0 Å². The third-order valence-electron chi connectivity index (χ3n) is 2.82. The van der Waals surface area contributed by atoms with Crippen molar-refractivity contribution < 1.29 is 14.9 Å². The minimum Gasteiger partial charge on any atom is -0.394 e. The average Bonchev–Trinajstić information content (AvgIpc) is 2.26. The smallest absolute Gasteiger partial charge is 0.100 e.